The zero-order valence-electron chi connectivity index (χ0n) is 19.3. The van der Waals surface area contributed by atoms with Gasteiger partial charge in [-0.3, -0.25) is 0 Å². The molecule has 0 heterocycles. The Labute approximate surface area is 174 Å². The topological polar surface area (TPSA) is 20.2 Å². The summed E-state index contributed by atoms with van der Waals surface area (Å²) in [5.74, 6) is 5.46. The summed E-state index contributed by atoms with van der Waals surface area (Å²) in [7, 11) is 0. The van der Waals surface area contributed by atoms with Crippen molar-refractivity contribution in [2.24, 2.45) is 46.3 Å². The fourth-order valence-corrected chi connectivity index (χ4v) is 8.67. The van der Waals surface area contributed by atoms with Crippen molar-refractivity contribution in [3.63, 3.8) is 0 Å². The molecule has 1 heteroatoms. The lowest BCUT2D eigenvalue weighted by Crippen LogP contribution is -2.50. The van der Waals surface area contributed by atoms with Crippen molar-refractivity contribution in [1.29, 1.82) is 0 Å². The van der Waals surface area contributed by atoms with Gasteiger partial charge in [0.15, 0.2) is 0 Å². The summed E-state index contributed by atoms with van der Waals surface area (Å²) in [5, 5.41) is 10.2. The van der Waals surface area contributed by atoms with Crippen LogP contribution in [0.1, 0.15) is 105 Å². The van der Waals surface area contributed by atoms with Crippen LogP contribution < -0.4 is 0 Å². The number of rotatable bonds is 5. The van der Waals surface area contributed by atoms with Gasteiger partial charge in [0.2, 0.25) is 0 Å². The van der Waals surface area contributed by atoms with Crippen molar-refractivity contribution in [2.45, 2.75) is 111 Å². The first-order chi connectivity index (χ1) is 13.3. The minimum Gasteiger partial charge on any atom is -0.393 e. The maximum atomic E-state index is 10.2. The van der Waals surface area contributed by atoms with Crippen molar-refractivity contribution in [3.8, 4) is 0 Å². The highest BCUT2D eigenvalue weighted by Gasteiger charge is 2.59. The van der Waals surface area contributed by atoms with Crippen LogP contribution in [0.15, 0.2) is 11.6 Å². The highest BCUT2D eigenvalue weighted by molar-refractivity contribution is 5.25. The SMILES string of the molecule is CC(C)CCC[C@@H](C)[C@@H]1CC[C@@H]2[C@H]3CC=C4C[C@@H](O)CC[C@]4(C)[C@@H]3CC[C@]21C. The third-order valence-electron chi connectivity index (χ3n) is 10.3. The van der Waals surface area contributed by atoms with Gasteiger partial charge >= 0.3 is 0 Å². The number of allylic oxidation sites excluding steroid dienone is 1. The van der Waals surface area contributed by atoms with Gasteiger partial charge in [0, 0.05) is 0 Å². The van der Waals surface area contributed by atoms with Gasteiger partial charge in [-0.05, 0) is 97.7 Å². The van der Waals surface area contributed by atoms with E-state index in [2.05, 4.69) is 40.7 Å². The van der Waals surface area contributed by atoms with E-state index in [1.165, 1.54) is 57.8 Å². The summed E-state index contributed by atoms with van der Waals surface area (Å²) < 4.78 is 0. The van der Waals surface area contributed by atoms with Crippen LogP contribution in [0.3, 0.4) is 0 Å². The molecule has 0 saturated heterocycles. The Hall–Kier alpha value is -0.300. The number of hydrogen-bond donors (Lipinski definition) is 1. The second kappa shape index (κ2) is 7.75. The zero-order valence-corrected chi connectivity index (χ0v) is 19.3. The van der Waals surface area contributed by atoms with Gasteiger partial charge in [0.1, 0.15) is 0 Å². The second-order valence-electron chi connectivity index (χ2n) is 12.2. The van der Waals surface area contributed by atoms with E-state index in [1.54, 1.807) is 5.57 Å². The molecule has 8 atom stereocenters. The number of hydrogen-bond acceptors (Lipinski definition) is 1. The third-order valence-corrected chi connectivity index (χ3v) is 10.3. The molecule has 3 fully saturated rings. The average Bonchev–Trinajstić information content (AvgIpc) is 2.99. The van der Waals surface area contributed by atoms with Crippen LogP contribution in [0, 0.1) is 46.3 Å². The molecule has 4 aliphatic rings. The van der Waals surface area contributed by atoms with Gasteiger partial charge < -0.3 is 5.11 Å². The molecule has 0 aromatic carbocycles. The first kappa shape index (κ1) is 21.0. The lowest BCUT2D eigenvalue weighted by molar-refractivity contribution is -0.0573. The molecule has 0 aliphatic heterocycles. The summed E-state index contributed by atoms with van der Waals surface area (Å²) in [6.07, 6.45) is 17.2. The fraction of sp³-hybridized carbons (Fsp3) is 0.926. The smallest absolute Gasteiger partial charge is 0.0577 e. The van der Waals surface area contributed by atoms with Crippen molar-refractivity contribution >= 4 is 0 Å². The van der Waals surface area contributed by atoms with E-state index < -0.39 is 0 Å². The highest BCUT2D eigenvalue weighted by Crippen LogP contribution is 2.67. The van der Waals surface area contributed by atoms with Crippen LogP contribution >= 0.6 is 0 Å². The molecule has 160 valence electrons. The third kappa shape index (κ3) is 3.42. The summed E-state index contributed by atoms with van der Waals surface area (Å²) in [5.41, 5.74) is 2.60. The summed E-state index contributed by atoms with van der Waals surface area (Å²) in [6, 6.07) is 0. The van der Waals surface area contributed by atoms with Crippen LogP contribution in [0.4, 0.5) is 0 Å². The quantitative estimate of drug-likeness (QED) is 0.488. The molecule has 1 nitrogen and oxygen atoms in total. The fourth-order valence-electron chi connectivity index (χ4n) is 8.67. The highest BCUT2D eigenvalue weighted by atomic mass is 16.3. The van der Waals surface area contributed by atoms with Crippen molar-refractivity contribution in [3.05, 3.63) is 11.6 Å². The first-order valence-corrected chi connectivity index (χ1v) is 12.6. The van der Waals surface area contributed by atoms with Crippen LogP contribution in [0.5, 0.6) is 0 Å². The van der Waals surface area contributed by atoms with Gasteiger partial charge in [0.05, 0.1) is 6.10 Å². The van der Waals surface area contributed by atoms with Crippen molar-refractivity contribution in [1.82, 2.24) is 0 Å². The van der Waals surface area contributed by atoms with E-state index in [0.717, 1.165) is 48.3 Å². The van der Waals surface area contributed by atoms with Crippen molar-refractivity contribution in [2.75, 3.05) is 0 Å². The lowest BCUT2D eigenvalue weighted by atomic mass is 9.47. The molecule has 3 saturated carbocycles. The molecule has 0 aromatic rings. The van der Waals surface area contributed by atoms with E-state index in [-0.39, 0.29) is 6.10 Å². The van der Waals surface area contributed by atoms with E-state index in [0.29, 0.717) is 10.8 Å². The average molecular weight is 387 g/mol. The number of aliphatic hydroxyl groups is 1. The minimum atomic E-state index is -0.0766. The molecule has 1 N–H and O–H groups in total. The van der Waals surface area contributed by atoms with Gasteiger partial charge in [-0.25, -0.2) is 0 Å². The summed E-state index contributed by atoms with van der Waals surface area (Å²) in [4.78, 5) is 0. The number of fused-ring (bicyclic) bond motifs is 5. The molecule has 4 rings (SSSR count). The van der Waals surface area contributed by atoms with Crippen molar-refractivity contribution < 1.29 is 5.11 Å². The van der Waals surface area contributed by atoms with Gasteiger partial charge in [-0.2, -0.15) is 0 Å². The Morgan fingerprint density at radius 3 is 2.54 bits per heavy atom. The maximum Gasteiger partial charge on any atom is 0.0577 e. The minimum absolute atomic E-state index is 0.0766. The molecule has 0 spiro atoms. The molecular formula is C27H46O. The Bertz CT molecular complexity index is 591. The number of aliphatic hydroxyl groups excluding tert-OH is 1. The molecule has 0 unspecified atom stereocenters. The van der Waals surface area contributed by atoms with Gasteiger partial charge in [-0.15, -0.1) is 0 Å². The molecule has 4 aliphatic carbocycles. The van der Waals surface area contributed by atoms with Crippen LogP contribution in [-0.2, 0) is 0 Å². The predicted molar refractivity (Wildman–Crippen MR) is 119 cm³/mol. The maximum absolute atomic E-state index is 10.2. The summed E-state index contributed by atoms with van der Waals surface area (Å²) >= 11 is 0. The molecule has 0 bridgehead atoms. The van der Waals surface area contributed by atoms with Gasteiger partial charge in [0.25, 0.3) is 0 Å². The Kier molecular flexibility index (Phi) is 5.80. The van der Waals surface area contributed by atoms with Gasteiger partial charge in [-0.1, -0.05) is 65.5 Å². The monoisotopic (exact) mass is 386 g/mol. The van der Waals surface area contributed by atoms with E-state index in [1.807, 2.05) is 0 Å². The molecular weight excluding hydrogens is 340 g/mol. The molecule has 0 aromatic heterocycles. The molecule has 0 radical (unpaired) electrons. The van der Waals surface area contributed by atoms with E-state index in [4.69, 9.17) is 0 Å². The predicted octanol–water partition coefficient (Wildman–Crippen LogP) is 7.39. The van der Waals surface area contributed by atoms with Crippen LogP contribution in [-0.4, -0.2) is 11.2 Å². The lowest BCUT2D eigenvalue weighted by Gasteiger charge is -2.58. The first-order valence-electron chi connectivity index (χ1n) is 12.6. The Morgan fingerprint density at radius 1 is 1.00 bits per heavy atom. The molecule has 0 amide bonds. The standard InChI is InChI=1S/C27H46O/c1-18(2)7-6-8-19(3)23-11-12-24-22-10-9-20-17-21(28)13-15-26(20,4)25(22)14-16-27(23,24)5/h9,18-19,21-25,28H,6-8,10-17H2,1-5H3/t19-,21+,22-,23+,24-,25-,26+,27+/m1/s1. The van der Waals surface area contributed by atoms with E-state index in [9.17, 15) is 5.11 Å². The largest absolute Gasteiger partial charge is 0.393 e. The molecule has 28 heavy (non-hydrogen) atoms. The van der Waals surface area contributed by atoms with E-state index >= 15 is 0 Å². The zero-order chi connectivity index (χ0) is 20.1. The van der Waals surface area contributed by atoms with Crippen LogP contribution in [0.2, 0.25) is 0 Å². The Balaban J connectivity index is 1.49. The Morgan fingerprint density at radius 2 is 1.79 bits per heavy atom. The van der Waals surface area contributed by atoms with Crippen LogP contribution in [0.25, 0.3) is 0 Å². The summed E-state index contributed by atoms with van der Waals surface area (Å²) in [6.45, 7) is 12.6. The normalized spacial score (nSPS) is 46.5. The second-order valence-corrected chi connectivity index (χ2v) is 12.2.